The highest BCUT2D eigenvalue weighted by Gasteiger charge is 2.13. The summed E-state index contributed by atoms with van der Waals surface area (Å²) in [7, 11) is 0. The molecule has 60 valence electrons. The van der Waals surface area contributed by atoms with Crippen LogP contribution in [0.15, 0.2) is 0 Å². The van der Waals surface area contributed by atoms with E-state index in [0.29, 0.717) is 5.92 Å². The predicted octanol–water partition coefficient (Wildman–Crippen LogP) is -1.22. The van der Waals surface area contributed by atoms with Crippen LogP contribution in [0, 0.1) is 5.92 Å². The van der Waals surface area contributed by atoms with Gasteiger partial charge in [0.1, 0.15) is 0 Å². The first-order chi connectivity index (χ1) is 4.57. The normalized spacial score (nSPS) is 16.3. The van der Waals surface area contributed by atoms with Crippen molar-refractivity contribution >= 4 is 5.97 Å². The number of hydrogen-bond acceptors (Lipinski definition) is 2. The molecule has 10 heavy (non-hydrogen) atoms. The zero-order valence-corrected chi connectivity index (χ0v) is 6.59. The molecule has 0 aromatic carbocycles. The van der Waals surface area contributed by atoms with Gasteiger partial charge >= 0.3 is 0 Å². The standard InChI is InChI=1S/C7H15NO2/c1-3-5(2)6(8)4-7(9)10/h5-6H,3-4,8H2,1-2H3,(H,9,10)/t5-,6+/m1/s1. The number of aliphatic carboxylic acids is 1. The van der Waals surface area contributed by atoms with Crippen molar-refractivity contribution in [1.82, 2.24) is 0 Å². The summed E-state index contributed by atoms with van der Waals surface area (Å²) in [5.41, 5.74) is 3.73. The van der Waals surface area contributed by atoms with Crippen LogP contribution in [0.2, 0.25) is 0 Å². The fourth-order valence-corrected chi connectivity index (χ4v) is 0.749. The Morgan fingerprint density at radius 2 is 2.20 bits per heavy atom. The van der Waals surface area contributed by atoms with Crippen LogP contribution in [0.5, 0.6) is 0 Å². The first kappa shape index (κ1) is 9.43. The third-order valence-electron chi connectivity index (χ3n) is 1.88. The van der Waals surface area contributed by atoms with Crippen molar-refractivity contribution in [3.8, 4) is 0 Å². The van der Waals surface area contributed by atoms with E-state index in [1.165, 1.54) is 0 Å². The number of carboxylic acids is 1. The van der Waals surface area contributed by atoms with E-state index < -0.39 is 5.97 Å². The van der Waals surface area contributed by atoms with Gasteiger partial charge in [-0.15, -0.1) is 0 Å². The number of carboxylic acid groups (broad SMARTS) is 1. The van der Waals surface area contributed by atoms with Gasteiger partial charge in [-0.25, -0.2) is 0 Å². The van der Waals surface area contributed by atoms with Crippen LogP contribution in [-0.4, -0.2) is 12.0 Å². The molecular weight excluding hydrogens is 130 g/mol. The second-order valence-electron chi connectivity index (χ2n) is 2.72. The maximum absolute atomic E-state index is 10.1. The van der Waals surface area contributed by atoms with Gasteiger partial charge in [-0.1, -0.05) is 13.8 Å². The zero-order chi connectivity index (χ0) is 8.15. The molecule has 0 bridgehead atoms. The molecule has 0 rings (SSSR count). The third kappa shape index (κ3) is 3.45. The molecule has 0 fully saturated rings. The summed E-state index contributed by atoms with van der Waals surface area (Å²) in [4.78, 5) is 10.1. The molecule has 0 unspecified atom stereocenters. The van der Waals surface area contributed by atoms with Gasteiger partial charge in [-0.3, -0.25) is 0 Å². The van der Waals surface area contributed by atoms with E-state index in [1.54, 1.807) is 0 Å². The number of hydrogen-bond donors (Lipinski definition) is 1. The molecule has 0 aromatic heterocycles. The highest BCUT2D eigenvalue weighted by Crippen LogP contribution is 2.05. The number of quaternary nitrogens is 1. The molecule has 0 heterocycles. The minimum Gasteiger partial charge on any atom is -0.550 e. The molecule has 0 spiro atoms. The van der Waals surface area contributed by atoms with E-state index in [4.69, 9.17) is 0 Å². The Kier molecular flexibility index (Phi) is 4.03. The second-order valence-corrected chi connectivity index (χ2v) is 2.72. The lowest BCUT2D eigenvalue weighted by Gasteiger charge is -2.14. The molecule has 0 saturated heterocycles. The van der Waals surface area contributed by atoms with Gasteiger partial charge in [-0.05, 0) is 6.42 Å². The minimum atomic E-state index is -1.000. The molecule has 2 atom stereocenters. The lowest BCUT2D eigenvalue weighted by Crippen LogP contribution is -2.65. The van der Waals surface area contributed by atoms with Crippen molar-refractivity contribution in [2.75, 3.05) is 0 Å². The first-order valence-electron chi connectivity index (χ1n) is 3.60. The van der Waals surface area contributed by atoms with Crippen LogP contribution in [0.1, 0.15) is 26.7 Å². The monoisotopic (exact) mass is 145 g/mol. The smallest absolute Gasteiger partial charge is 0.0922 e. The Balaban J connectivity index is 3.61. The Morgan fingerprint density at radius 3 is 2.50 bits per heavy atom. The topological polar surface area (TPSA) is 67.8 Å². The van der Waals surface area contributed by atoms with Crippen molar-refractivity contribution in [3.63, 3.8) is 0 Å². The van der Waals surface area contributed by atoms with E-state index >= 15 is 0 Å². The van der Waals surface area contributed by atoms with Crippen LogP contribution in [-0.2, 0) is 4.79 Å². The van der Waals surface area contributed by atoms with E-state index in [2.05, 4.69) is 5.73 Å². The molecule has 3 N–H and O–H groups in total. The maximum atomic E-state index is 10.1. The summed E-state index contributed by atoms with van der Waals surface area (Å²) in [6.07, 6.45) is 1.05. The molecule has 0 aliphatic carbocycles. The third-order valence-corrected chi connectivity index (χ3v) is 1.88. The van der Waals surface area contributed by atoms with Crippen molar-refractivity contribution in [2.45, 2.75) is 32.7 Å². The lowest BCUT2D eigenvalue weighted by molar-refractivity contribution is -0.436. The second kappa shape index (κ2) is 4.28. The molecule has 0 radical (unpaired) electrons. The van der Waals surface area contributed by atoms with Gasteiger partial charge in [0, 0.05) is 18.3 Å². The highest BCUT2D eigenvalue weighted by atomic mass is 16.4. The summed E-state index contributed by atoms with van der Waals surface area (Å²) in [5, 5.41) is 10.1. The molecular formula is C7H15NO2. The average Bonchev–Trinajstić information content (AvgIpc) is 1.85. The van der Waals surface area contributed by atoms with Crippen LogP contribution >= 0.6 is 0 Å². The van der Waals surface area contributed by atoms with E-state index in [9.17, 15) is 9.90 Å². The molecule has 3 heteroatoms. The van der Waals surface area contributed by atoms with Gasteiger partial charge in [0.25, 0.3) is 0 Å². The zero-order valence-electron chi connectivity index (χ0n) is 6.59. The van der Waals surface area contributed by atoms with Gasteiger partial charge in [0.05, 0.1) is 6.04 Å². The highest BCUT2D eigenvalue weighted by molar-refractivity contribution is 5.64. The Morgan fingerprint density at radius 1 is 1.70 bits per heavy atom. The largest absolute Gasteiger partial charge is 0.550 e. The molecule has 3 nitrogen and oxygen atoms in total. The predicted molar refractivity (Wildman–Crippen MR) is 35.8 cm³/mol. The quantitative estimate of drug-likeness (QED) is 0.539. The van der Waals surface area contributed by atoms with Gasteiger partial charge < -0.3 is 15.6 Å². The number of rotatable bonds is 4. The summed E-state index contributed by atoms with van der Waals surface area (Å²) >= 11 is 0. The van der Waals surface area contributed by atoms with Crippen molar-refractivity contribution < 1.29 is 15.6 Å². The first-order valence-corrected chi connectivity index (χ1v) is 3.60. The molecule has 0 aromatic rings. The summed E-state index contributed by atoms with van der Waals surface area (Å²) in [5.74, 6) is -0.627. The average molecular weight is 145 g/mol. The summed E-state index contributed by atoms with van der Waals surface area (Å²) < 4.78 is 0. The fraction of sp³-hybridized carbons (Fsp3) is 0.857. The molecule has 0 aliphatic heterocycles. The van der Waals surface area contributed by atoms with Gasteiger partial charge in [0.2, 0.25) is 0 Å². The lowest BCUT2D eigenvalue weighted by atomic mass is 9.98. The Bertz CT molecular complexity index is 114. The Labute approximate surface area is 61.2 Å². The van der Waals surface area contributed by atoms with Crippen LogP contribution in [0.4, 0.5) is 0 Å². The molecule has 0 amide bonds. The van der Waals surface area contributed by atoms with Crippen molar-refractivity contribution in [1.29, 1.82) is 0 Å². The van der Waals surface area contributed by atoms with Crippen LogP contribution in [0.25, 0.3) is 0 Å². The van der Waals surface area contributed by atoms with Crippen LogP contribution < -0.4 is 10.8 Å². The maximum Gasteiger partial charge on any atom is 0.0922 e. The van der Waals surface area contributed by atoms with E-state index in [1.807, 2.05) is 13.8 Å². The van der Waals surface area contributed by atoms with E-state index in [-0.39, 0.29) is 12.5 Å². The SMILES string of the molecule is CC[C@@H](C)[C@@H]([NH3+])CC(=O)[O-]. The number of carbonyl (C=O) groups is 1. The molecule has 0 saturated carbocycles. The summed E-state index contributed by atoms with van der Waals surface area (Å²) in [6, 6.07) is -0.00463. The van der Waals surface area contributed by atoms with Crippen molar-refractivity contribution in [2.24, 2.45) is 5.92 Å². The van der Waals surface area contributed by atoms with Crippen LogP contribution in [0.3, 0.4) is 0 Å². The van der Waals surface area contributed by atoms with Gasteiger partial charge in [-0.2, -0.15) is 0 Å². The number of carbonyl (C=O) groups excluding carboxylic acids is 1. The fourth-order valence-electron chi connectivity index (χ4n) is 0.749. The molecule has 0 aliphatic rings. The summed E-state index contributed by atoms with van der Waals surface area (Å²) in [6.45, 7) is 4.03. The van der Waals surface area contributed by atoms with Gasteiger partial charge in [0.15, 0.2) is 0 Å². The van der Waals surface area contributed by atoms with E-state index in [0.717, 1.165) is 6.42 Å². The van der Waals surface area contributed by atoms with Crippen molar-refractivity contribution in [3.05, 3.63) is 0 Å². The minimum absolute atomic E-state index is 0.00463. The Hall–Kier alpha value is -0.570.